The predicted octanol–water partition coefficient (Wildman–Crippen LogP) is 4.70. The van der Waals surface area contributed by atoms with Gasteiger partial charge in [-0.1, -0.05) is 28.8 Å². The summed E-state index contributed by atoms with van der Waals surface area (Å²) in [6.07, 6.45) is 4.69. The van der Waals surface area contributed by atoms with Gasteiger partial charge in [-0.2, -0.15) is 0 Å². The fraction of sp³-hybridized carbons (Fsp3) is 0.632. The van der Waals surface area contributed by atoms with Crippen molar-refractivity contribution in [1.82, 2.24) is 4.90 Å². The molecule has 3 heterocycles. The van der Waals surface area contributed by atoms with Crippen molar-refractivity contribution in [2.45, 2.75) is 44.7 Å². The number of carbonyl (C=O) groups is 1. The molecule has 0 spiro atoms. The number of hydrogen-bond acceptors (Lipinski definition) is 4. The minimum Gasteiger partial charge on any atom is -0.492 e. The lowest BCUT2D eigenvalue weighted by Gasteiger charge is -2.35. The Kier molecular flexibility index (Phi) is 5.13. The van der Waals surface area contributed by atoms with Crippen molar-refractivity contribution in [2.24, 2.45) is 11.8 Å². The van der Waals surface area contributed by atoms with Crippen LogP contribution in [0.15, 0.2) is 21.1 Å². The van der Waals surface area contributed by atoms with Gasteiger partial charge in [0.15, 0.2) is 0 Å². The molecule has 0 bridgehead atoms. The quantitative estimate of drug-likeness (QED) is 0.585. The highest BCUT2D eigenvalue weighted by atomic mass is 79.9. The summed E-state index contributed by atoms with van der Waals surface area (Å²) in [5.41, 5.74) is 1.19. The lowest BCUT2D eigenvalue weighted by atomic mass is 9.82. The topological polar surface area (TPSA) is 38.8 Å². The van der Waals surface area contributed by atoms with Crippen LogP contribution in [0.3, 0.4) is 0 Å². The normalized spacial score (nSPS) is 31.3. The van der Waals surface area contributed by atoms with Crippen LogP contribution in [0.1, 0.15) is 44.2 Å². The second-order valence-electron chi connectivity index (χ2n) is 7.16. The molecule has 3 aliphatic heterocycles. The Morgan fingerprint density at radius 3 is 2.96 bits per heavy atom. The number of fused-ring (bicyclic) bond motifs is 5. The molecule has 0 saturated carbocycles. The van der Waals surface area contributed by atoms with Crippen LogP contribution in [0.2, 0.25) is 0 Å². The van der Waals surface area contributed by atoms with Gasteiger partial charge in [0, 0.05) is 28.0 Å². The van der Waals surface area contributed by atoms with Crippen molar-refractivity contribution in [3.05, 3.63) is 26.6 Å². The first kappa shape index (κ1) is 17.8. The molecule has 25 heavy (non-hydrogen) atoms. The first-order valence-corrected chi connectivity index (χ1v) is 10.7. The van der Waals surface area contributed by atoms with E-state index in [9.17, 15) is 4.79 Å². The van der Waals surface area contributed by atoms with Crippen molar-refractivity contribution < 1.29 is 14.3 Å². The zero-order valence-electron chi connectivity index (χ0n) is 14.3. The molecular formula is C19H23Br2NO3. The van der Waals surface area contributed by atoms with E-state index in [4.69, 9.17) is 9.47 Å². The number of ether oxygens (including phenoxy) is 2. The van der Waals surface area contributed by atoms with Crippen LogP contribution in [0, 0.1) is 11.8 Å². The van der Waals surface area contributed by atoms with Crippen LogP contribution in [0.5, 0.6) is 5.75 Å². The summed E-state index contributed by atoms with van der Waals surface area (Å²) in [5, 5.41) is 0. The third-order valence-electron chi connectivity index (χ3n) is 5.82. The fourth-order valence-corrected chi connectivity index (χ4v) is 6.29. The summed E-state index contributed by atoms with van der Waals surface area (Å²) in [7, 11) is 0. The van der Waals surface area contributed by atoms with Gasteiger partial charge in [0.1, 0.15) is 5.75 Å². The van der Waals surface area contributed by atoms with Gasteiger partial charge in [0.05, 0.1) is 23.6 Å². The van der Waals surface area contributed by atoms with E-state index in [1.54, 1.807) is 0 Å². The molecule has 4 rings (SSSR count). The molecule has 0 radical (unpaired) electrons. The smallest absolute Gasteiger partial charge is 0.311 e. The van der Waals surface area contributed by atoms with E-state index >= 15 is 0 Å². The minimum atomic E-state index is -0.0889. The van der Waals surface area contributed by atoms with Crippen LogP contribution in [-0.4, -0.2) is 36.7 Å². The zero-order valence-corrected chi connectivity index (χ0v) is 17.5. The lowest BCUT2D eigenvalue weighted by molar-refractivity contribution is -0.150. The van der Waals surface area contributed by atoms with Gasteiger partial charge in [-0.05, 0) is 54.4 Å². The summed E-state index contributed by atoms with van der Waals surface area (Å²) < 4.78 is 13.6. The molecule has 4 nitrogen and oxygen atoms in total. The van der Waals surface area contributed by atoms with Crippen LogP contribution in [0.25, 0.3) is 0 Å². The number of carbonyl (C=O) groups excluding carboxylic acids is 1. The van der Waals surface area contributed by atoms with E-state index < -0.39 is 0 Å². The molecule has 136 valence electrons. The maximum atomic E-state index is 12.8. The van der Waals surface area contributed by atoms with E-state index in [0.29, 0.717) is 13.2 Å². The van der Waals surface area contributed by atoms with Crippen molar-refractivity contribution >= 4 is 37.8 Å². The Morgan fingerprint density at radius 2 is 2.16 bits per heavy atom. The van der Waals surface area contributed by atoms with E-state index in [1.165, 1.54) is 24.8 Å². The second-order valence-corrected chi connectivity index (χ2v) is 8.93. The summed E-state index contributed by atoms with van der Waals surface area (Å²) in [6, 6.07) is 4.68. The van der Waals surface area contributed by atoms with E-state index in [2.05, 4.69) is 42.8 Å². The molecule has 3 aliphatic rings. The maximum absolute atomic E-state index is 12.8. The molecule has 0 amide bonds. The SMILES string of the molecule is CCOC(=O)[C@@H]1[C@H]2COc3c(Br)cc(Br)cc3[C@H]2N2CCCCC[C@H]12. The Labute approximate surface area is 165 Å². The Morgan fingerprint density at radius 1 is 1.32 bits per heavy atom. The number of hydrogen-bond donors (Lipinski definition) is 0. The second kappa shape index (κ2) is 7.20. The summed E-state index contributed by atoms with van der Waals surface area (Å²) in [4.78, 5) is 15.4. The summed E-state index contributed by atoms with van der Waals surface area (Å²) in [6.45, 7) is 3.95. The van der Waals surface area contributed by atoms with Crippen molar-refractivity contribution in [1.29, 1.82) is 0 Å². The Hall–Kier alpha value is -0.590. The van der Waals surface area contributed by atoms with Gasteiger partial charge in [-0.3, -0.25) is 9.69 Å². The van der Waals surface area contributed by atoms with Crippen molar-refractivity contribution in [3.8, 4) is 5.75 Å². The molecule has 2 fully saturated rings. The average molecular weight is 473 g/mol. The Bertz CT molecular complexity index is 681. The van der Waals surface area contributed by atoms with Crippen molar-refractivity contribution in [2.75, 3.05) is 19.8 Å². The predicted molar refractivity (Wildman–Crippen MR) is 103 cm³/mol. The monoisotopic (exact) mass is 471 g/mol. The van der Waals surface area contributed by atoms with Gasteiger partial charge in [0.2, 0.25) is 0 Å². The number of benzene rings is 1. The molecule has 0 N–H and O–H groups in total. The highest BCUT2D eigenvalue weighted by Crippen LogP contribution is 2.54. The van der Waals surface area contributed by atoms with Gasteiger partial charge in [-0.15, -0.1) is 0 Å². The average Bonchev–Trinajstić information content (AvgIpc) is 2.72. The highest BCUT2D eigenvalue weighted by molar-refractivity contribution is 9.11. The van der Waals surface area contributed by atoms with E-state index in [-0.39, 0.29) is 29.9 Å². The van der Waals surface area contributed by atoms with Gasteiger partial charge in [-0.25, -0.2) is 0 Å². The molecule has 0 aliphatic carbocycles. The standard InChI is InChI=1S/C19H23Br2NO3/c1-2-24-19(23)16-13-10-25-18-12(8-11(20)9-14(18)21)17(13)22-7-5-3-4-6-15(16)22/h8-9,13,15-17H,2-7,10H2,1H3/t13-,15-,16-,17-/m1/s1. The summed E-state index contributed by atoms with van der Waals surface area (Å²) >= 11 is 7.25. The molecule has 0 unspecified atom stereocenters. The lowest BCUT2D eigenvalue weighted by Crippen LogP contribution is -2.36. The largest absolute Gasteiger partial charge is 0.492 e. The first-order valence-electron chi connectivity index (χ1n) is 9.16. The van der Waals surface area contributed by atoms with E-state index in [0.717, 1.165) is 27.7 Å². The van der Waals surface area contributed by atoms with Crippen LogP contribution < -0.4 is 4.74 Å². The molecular weight excluding hydrogens is 450 g/mol. The molecule has 1 aromatic rings. The third-order valence-corrected chi connectivity index (χ3v) is 6.86. The summed E-state index contributed by atoms with van der Waals surface area (Å²) in [5.74, 6) is 0.953. The molecule has 2 saturated heterocycles. The first-order chi connectivity index (χ1) is 12.1. The zero-order chi connectivity index (χ0) is 17.6. The molecule has 0 aromatic heterocycles. The van der Waals surface area contributed by atoms with Crippen molar-refractivity contribution in [3.63, 3.8) is 0 Å². The van der Waals surface area contributed by atoms with Crippen LogP contribution in [0.4, 0.5) is 0 Å². The van der Waals surface area contributed by atoms with Gasteiger partial charge in [0.25, 0.3) is 0 Å². The van der Waals surface area contributed by atoms with Gasteiger partial charge < -0.3 is 9.47 Å². The highest BCUT2D eigenvalue weighted by Gasteiger charge is 2.55. The Balaban J connectivity index is 1.79. The third kappa shape index (κ3) is 3.04. The van der Waals surface area contributed by atoms with Crippen LogP contribution in [-0.2, 0) is 9.53 Å². The van der Waals surface area contributed by atoms with E-state index in [1.807, 2.05) is 13.0 Å². The molecule has 1 aromatic carbocycles. The number of nitrogens with zero attached hydrogens (tertiary/aromatic N) is 1. The minimum absolute atomic E-state index is 0.0481. The molecule has 6 heteroatoms. The van der Waals surface area contributed by atoms with Crippen LogP contribution >= 0.6 is 31.9 Å². The maximum Gasteiger partial charge on any atom is 0.311 e. The van der Waals surface area contributed by atoms with Gasteiger partial charge >= 0.3 is 5.97 Å². The number of halogens is 2. The number of rotatable bonds is 2. The number of esters is 1. The fourth-order valence-electron chi connectivity index (χ4n) is 4.92. The molecule has 4 atom stereocenters.